The summed E-state index contributed by atoms with van der Waals surface area (Å²) >= 11 is 0. The number of aliphatic hydroxyl groups is 1. The molecule has 0 atom stereocenters. The molecule has 1 heterocycles. The van der Waals surface area contributed by atoms with Crippen LogP contribution in [0.4, 0.5) is 0 Å². The van der Waals surface area contributed by atoms with E-state index < -0.39 is 11.5 Å². The Labute approximate surface area is 144 Å². The van der Waals surface area contributed by atoms with E-state index in [0.29, 0.717) is 12.8 Å². The average Bonchev–Trinajstić information content (AvgIpc) is 2.80. The highest BCUT2D eigenvalue weighted by Gasteiger charge is 2.34. The Morgan fingerprint density at radius 2 is 2.21 bits per heavy atom. The molecule has 5 nitrogen and oxygen atoms in total. The van der Waals surface area contributed by atoms with E-state index in [-0.39, 0.29) is 12.1 Å². The maximum Gasteiger partial charge on any atom is 0.262 e. The van der Waals surface area contributed by atoms with E-state index in [0.717, 1.165) is 42.8 Å². The molecule has 0 bridgehead atoms. The van der Waals surface area contributed by atoms with Crippen LogP contribution in [-0.2, 0) is 11.3 Å². The predicted molar refractivity (Wildman–Crippen MR) is 94.2 cm³/mol. The average molecular weight is 329 g/mol. The van der Waals surface area contributed by atoms with Crippen molar-refractivity contribution in [2.24, 2.45) is 0 Å². The third-order valence-electron chi connectivity index (χ3n) is 4.88. The fourth-order valence-corrected chi connectivity index (χ4v) is 3.04. The summed E-state index contributed by atoms with van der Waals surface area (Å²) in [6, 6.07) is 3.99. The molecular formula is C19H27N3O2. The molecule has 130 valence electrons. The number of rotatable bonds is 7. The van der Waals surface area contributed by atoms with Crippen molar-refractivity contribution in [3.63, 3.8) is 0 Å². The Kier molecular flexibility index (Phi) is 5.84. The lowest BCUT2D eigenvalue weighted by Gasteiger charge is -2.36. The van der Waals surface area contributed by atoms with Crippen LogP contribution in [0.1, 0.15) is 56.0 Å². The van der Waals surface area contributed by atoms with Crippen LogP contribution in [0, 0.1) is 25.2 Å². The largest absolute Gasteiger partial charge is 0.388 e. The fourth-order valence-electron chi connectivity index (χ4n) is 3.04. The number of hydrogen-bond acceptors (Lipinski definition) is 3. The van der Waals surface area contributed by atoms with Crippen LogP contribution in [0.5, 0.6) is 0 Å². The molecule has 5 heteroatoms. The van der Waals surface area contributed by atoms with Crippen LogP contribution in [0.25, 0.3) is 6.08 Å². The van der Waals surface area contributed by atoms with Crippen LogP contribution in [-0.4, -0.2) is 27.7 Å². The van der Waals surface area contributed by atoms with Gasteiger partial charge in [-0.25, -0.2) is 0 Å². The second-order valence-corrected chi connectivity index (χ2v) is 6.76. The van der Waals surface area contributed by atoms with Crippen molar-refractivity contribution in [3.8, 4) is 6.07 Å². The van der Waals surface area contributed by atoms with E-state index in [9.17, 15) is 15.2 Å². The lowest BCUT2D eigenvalue weighted by molar-refractivity contribution is -0.119. The first kappa shape index (κ1) is 18.3. The van der Waals surface area contributed by atoms with Gasteiger partial charge in [0.15, 0.2) is 0 Å². The lowest BCUT2D eigenvalue weighted by atomic mass is 9.80. The Morgan fingerprint density at radius 3 is 2.75 bits per heavy atom. The quantitative estimate of drug-likeness (QED) is 0.596. The van der Waals surface area contributed by atoms with Crippen LogP contribution >= 0.6 is 0 Å². The van der Waals surface area contributed by atoms with Gasteiger partial charge in [-0.3, -0.25) is 4.79 Å². The number of hydrogen-bond donors (Lipinski definition) is 2. The van der Waals surface area contributed by atoms with Gasteiger partial charge in [-0.15, -0.1) is 0 Å². The van der Waals surface area contributed by atoms with Gasteiger partial charge < -0.3 is 15.0 Å². The summed E-state index contributed by atoms with van der Waals surface area (Å²) in [4.78, 5) is 12.2. The first-order chi connectivity index (χ1) is 11.4. The molecule has 1 saturated carbocycles. The molecule has 2 N–H and O–H groups in total. The molecule has 2 rings (SSSR count). The van der Waals surface area contributed by atoms with Crippen LogP contribution in [0.15, 0.2) is 11.6 Å². The third kappa shape index (κ3) is 4.07. The van der Waals surface area contributed by atoms with E-state index >= 15 is 0 Å². The molecule has 0 radical (unpaired) electrons. The van der Waals surface area contributed by atoms with Gasteiger partial charge in [0.2, 0.25) is 0 Å². The molecule has 1 aromatic heterocycles. The Bertz CT molecular complexity index is 676. The zero-order chi connectivity index (χ0) is 17.7. The van der Waals surface area contributed by atoms with Gasteiger partial charge in [0.1, 0.15) is 11.6 Å². The fraction of sp³-hybridized carbons (Fsp3) is 0.579. The smallest absolute Gasteiger partial charge is 0.262 e. The minimum Gasteiger partial charge on any atom is -0.388 e. The van der Waals surface area contributed by atoms with Gasteiger partial charge in [0, 0.05) is 24.5 Å². The van der Waals surface area contributed by atoms with Crippen molar-refractivity contribution < 1.29 is 9.90 Å². The molecular weight excluding hydrogens is 302 g/mol. The summed E-state index contributed by atoms with van der Waals surface area (Å²) in [6.45, 7) is 7.36. The number of unbranched alkanes of at least 4 members (excludes halogenated alkanes) is 1. The molecule has 1 aliphatic rings. The summed E-state index contributed by atoms with van der Waals surface area (Å²) in [6.07, 6.45) is 6.26. The second-order valence-electron chi connectivity index (χ2n) is 6.76. The zero-order valence-electron chi connectivity index (χ0n) is 14.9. The van der Waals surface area contributed by atoms with Crippen molar-refractivity contribution in [3.05, 3.63) is 28.6 Å². The highest BCUT2D eigenvalue weighted by atomic mass is 16.3. The maximum atomic E-state index is 12.2. The van der Waals surface area contributed by atoms with Crippen molar-refractivity contribution in [2.75, 3.05) is 6.54 Å². The summed E-state index contributed by atoms with van der Waals surface area (Å²) in [5.74, 6) is -0.420. The Balaban J connectivity index is 2.12. The van der Waals surface area contributed by atoms with Gasteiger partial charge in [-0.05, 0) is 57.2 Å². The van der Waals surface area contributed by atoms with E-state index in [1.807, 2.05) is 26.0 Å². The second kappa shape index (κ2) is 7.67. The van der Waals surface area contributed by atoms with Crippen LogP contribution in [0.3, 0.4) is 0 Å². The molecule has 0 aliphatic heterocycles. The van der Waals surface area contributed by atoms with E-state index in [1.165, 1.54) is 0 Å². The number of amides is 1. The number of aryl methyl sites for hydroxylation is 1. The van der Waals surface area contributed by atoms with Gasteiger partial charge in [-0.2, -0.15) is 5.26 Å². The van der Waals surface area contributed by atoms with E-state index in [4.69, 9.17) is 0 Å². The zero-order valence-corrected chi connectivity index (χ0v) is 14.9. The highest BCUT2D eigenvalue weighted by Crippen LogP contribution is 2.30. The van der Waals surface area contributed by atoms with Crippen molar-refractivity contribution in [1.82, 2.24) is 9.88 Å². The van der Waals surface area contributed by atoms with Crippen LogP contribution in [0.2, 0.25) is 0 Å². The summed E-state index contributed by atoms with van der Waals surface area (Å²) < 4.78 is 2.22. The maximum absolute atomic E-state index is 12.2. The Hall–Kier alpha value is -2.06. The van der Waals surface area contributed by atoms with Gasteiger partial charge in [-0.1, -0.05) is 13.3 Å². The van der Waals surface area contributed by atoms with Crippen molar-refractivity contribution in [2.45, 2.75) is 65.0 Å². The summed E-state index contributed by atoms with van der Waals surface area (Å²) in [5, 5.41) is 22.1. The summed E-state index contributed by atoms with van der Waals surface area (Å²) in [5.41, 5.74) is 2.39. The standard InChI is InChI=1S/C19H27N3O2/c1-4-5-9-22-14(2)10-16(15(22)3)11-17(12-20)18(23)21-13-19(24)7-6-8-19/h10-11,24H,4-9,13H2,1-3H3,(H,21,23)/b17-11-. The predicted octanol–water partition coefficient (Wildman–Crippen LogP) is 2.84. The number of carbonyl (C=O) groups excluding carboxylic acids is 1. The molecule has 1 fully saturated rings. The topological polar surface area (TPSA) is 78.0 Å². The minimum atomic E-state index is -0.786. The Morgan fingerprint density at radius 1 is 1.50 bits per heavy atom. The molecule has 0 unspecified atom stereocenters. The normalized spacial score (nSPS) is 16.4. The molecule has 1 aliphatic carbocycles. The van der Waals surface area contributed by atoms with E-state index in [1.54, 1.807) is 6.08 Å². The molecule has 24 heavy (non-hydrogen) atoms. The highest BCUT2D eigenvalue weighted by molar-refractivity contribution is 6.01. The molecule has 1 amide bonds. The molecule has 0 saturated heterocycles. The number of carbonyl (C=O) groups is 1. The van der Waals surface area contributed by atoms with Gasteiger partial charge in [0.05, 0.1) is 5.60 Å². The first-order valence-electron chi connectivity index (χ1n) is 8.69. The van der Waals surface area contributed by atoms with Crippen LogP contribution < -0.4 is 5.32 Å². The van der Waals surface area contributed by atoms with Gasteiger partial charge >= 0.3 is 0 Å². The third-order valence-corrected chi connectivity index (χ3v) is 4.88. The van der Waals surface area contributed by atoms with Crippen molar-refractivity contribution >= 4 is 12.0 Å². The molecule has 1 aromatic rings. The number of nitrogens with zero attached hydrogens (tertiary/aromatic N) is 2. The molecule has 0 aromatic carbocycles. The SMILES string of the molecule is CCCCn1c(C)cc(/C=C(/C#N)C(=O)NCC2(O)CCC2)c1C. The molecule has 0 spiro atoms. The number of nitrogens with one attached hydrogen (secondary N) is 1. The van der Waals surface area contributed by atoms with E-state index in [2.05, 4.69) is 16.8 Å². The number of aromatic nitrogens is 1. The van der Waals surface area contributed by atoms with Gasteiger partial charge in [0.25, 0.3) is 5.91 Å². The lowest BCUT2D eigenvalue weighted by Crippen LogP contribution is -2.48. The minimum absolute atomic E-state index is 0.0775. The summed E-state index contributed by atoms with van der Waals surface area (Å²) in [7, 11) is 0. The first-order valence-corrected chi connectivity index (χ1v) is 8.69. The number of nitriles is 1. The monoisotopic (exact) mass is 329 g/mol. The van der Waals surface area contributed by atoms with Crippen molar-refractivity contribution in [1.29, 1.82) is 5.26 Å².